The lowest BCUT2D eigenvalue weighted by Gasteiger charge is -2.30. The maximum absolute atomic E-state index is 9.37. The van der Waals surface area contributed by atoms with E-state index in [0.29, 0.717) is 6.10 Å². The van der Waals surface area contributed by atoms with Crippen molar-refractivity contribution in [3.05, 3.63) is 0 Å². The monoisotopic (exact) mass is 215 g/mol. The molecule has 1 rings (SSSR count). The Morgan fingerprint density at radius 1 is 1.53 bits per heavy atom. The van der Waals surface area contributed by atoms with Crippen LogP contribution in [0.2, 0.25) is 0 Å². The van der Waals surface area contributed by atoms with Crippen LogP contribution in [0.4, 0.5) is 0 Å². The van der Waals surface area contributed by atoms with Crippen LogP contribution in [0.3, 0.4) is 0 Å². The van der Waals surface area contributed by atoms with Gasteiger partial charge in [0.15, 0.2) is 0 Å². The molecule has 1 fully saturated rings. The highest BCUT2D eigenvalue weighted by atomic mass is 16.5. The van der Waals surface area contributed by atoms with E-state index in [9.17, 15) is 5.11 Å². The summed E-state index contributed by atoms with van der Waals surface area (Å²) in [5, 5.41) is 12.6. The normalized spacial score (nSPS) is 32.2. The lowest BCUT2D eigenvalue weighted by Crippen LogP contribution is -2.45. The lowest BCUT2D eigenvalue weighted by atomic mass is 9.99. The van der Waals surface area contributed by atoms with E-state index >= 15 is 0 Å². The van der Waals surface area contributed by atoms with Gasteiger partial charge in [-0.1, -0.05) is 6.92 Å². The molecule has 3 heteroatoms. The van der Waals surface area contributed by atoms with Crippen molar-refractivity contribution in [2.24, 2.45) is 0 Å². The Morgan fingerprint density at radius 3 is 2.60 bits per heavy atom. The highest BCUT2D eigenvalue weighted by Crippen LogP contribution is 2.34. The molecule has 2 unspecified atom stereocenters. The molecule has 0 radical (unpaired) electrons. The first-order valence-electron chi connectivity index (χ1n) is 5.94. The third kappa shape index (κ3) is 3.16. The molecule has 1 saturated carbocycles. The van der Waals surface area contributed by atoms with E-state index in [4.69, 9.17) is 4.74 Å². The van der Waals surface area contributed by atoms with Crippen LogP contribution in [0, 0.1) is 0 Å². The predicted octanol–water partition coefficient (Wildman–Crippen LogP) is 1.69. The average Bonchev–Trinajstić information content (AvgIpc) is 2.62. The third-order valence-electron chi connectivity index (χ3n) is 3.73. The van der Waals surface area contributed by atoms with Gasteiger partial charge in [0, 0.05) is 5.54 Å². The summed E-state index contributed by atoms with van der Waals surface area (Å²) in [7, 11) is 1.92. The number of hydrogen-bond donors (Lipinski definition) is 2. The minimum Gasteiger partial charge on any atom is -0.394 e. The minimum atomic E-state index is -0.103. The van der Waals surface area contributed by atoms with E-state index in [0.717, 1.165) is 25.7 Å². The fourth-order valence-electron chi connectivity index (χ4n) is 2.16. The largest absolute Gasteiger partial charge is 0.394 e. The zero-order chi connectivity index (χ0) is 11.5. The highest BCUT2D eigenvalue weighted by molar-refractivity contribution is 4.96. The van der Waals surface area contributed by atoms with Crippen LogP contribution in [0.25, 0.3) is 0 Å². The van der Waals surface area contributed by atoms with E-state index in [2.05, 4.69) is 26.1 Å². The van der Waals surface area contributed by atoms with E-state index in [-0.39, 0.29) is 17.7 Å². The Balaban J connectivity index is 2.49. The molecule has 0 aromatic rings. The zero-order valence-corrected chi connectivity index (χ0v) is 10.5. The first kappa shape index (κ1) is 12.9. The molecule has 1 aliphatic rings. The van der Waals surface area contributed by atoms with Crippen LogP contribution >= 0.6 is 0 Å². The Hall–Kier alpha value is -0.120. The summed E-state index contributed by atoms with van der Waals surface area (Å²) in [5.74, 6) is 0. The first-order valence-corrected chi connectivity index (χ1v) is 5.94. The number of likely N-dealkylation sites (N-methyl/N-ethyl adjacent to an activating group) is 1. The minimum absolute atomic E-state index is 0.0378. The Labute approximate surface area is 93.2 Å². The fraction of sp³-hybridized carbons (Fsp3) is 1.00. The highest BCUT2D eigenvalue weighted by Gasteiger charge is 2.39. The Bertz CT molecular complexity index is 200. The third-order valence-corrected chi connectivity index (χ3v) is 3.73. The van der Waals surface area contributed by atoms with Gasteiger partial charge in [-0.25, -0.2) is 0 Å². The average molecular weight is 215 g/mol. The van der Waals surface area contributed by atoms with Gasteiger partial charge in [0.1, 0.15) is 0 Å². The number of nitrogens with one attached hydrogen (secondary N) is 1. The molecule has 0 amide bonds. The van der Waals surface area contributed by atoms with Gasteiger partial charge in [0.05, 0.1) is 18.3 Å². The van der Waals surface area contributed by atoms with Gasteiger partial charge in [-0.2, -0.15) is 0 Å². The van der Waals surface area contributed by atoms with Gasteiger partial charge in [-0.3, -0.25) is 0 Å². The summed E-state index contributed by atoms with van der Waals surface area (Å²) in [6.45, 7) is 6.61. The van der Waals surface area contributed by atoms with Gasteiger partial charge in [-0.15, -0.1) is 0 Å². The van der Waals surface area contributed by atoms with Crippen molar-refractivity contribution < 1.29 is 9.84 Å². The van der Waals surface area contributed by atoms with Gasteiger partial charge in [0.2, 0.25) is 0 Å². The molecule has 90 valence electrons. The van der Waals surface area contributed by atoms with E-state index in [1.807, 2.05) is 7.05 Å². The molecule has 0 bridgehead atoms. The topological polar surface area (TPSA) is 41.5 Å². The second-order valence-electron chi connectivity index (χ2n) is 5.28. The molecule has 0 aromatic carbocycles. The van der Waals surface area contributed by atoms with Crippen molar-refractivity contribution in [1.29, 1.82) is 0 Å². The standard InChI is InChI=1S/C12H25NO2/c1-5-11(2,3)15-10-6-7-12(8-10,9-14)13-4/h10,13-14H,5-9H2,1-4H3. The zero-order valence-electron chi connectivity index (χ0n) is 10.5. The van der Waals surface area contributed by atoms with Crippen molar-refractivity contribution in [1.82, 2.24) is 5.32 Å². The Kier molecular flexibility index (Phi) is 4.15. The second kappa shape index (κ2) is 4.81. The molecule has 15 heavy (non-hydrogen) atoms. The maximum atomic E-state index is 9.37. The lowest BCUT2D eigenvalue weighted by molar-refractivity contribution is -0.0733. The molecular formula is C12H25NO2. The van der Waals surface area contributed by atoms with E-state index in [1.54, 1.807) is 0 Å². The second-order valence-corrected chi connectivity index (χ2v) is 5.28. The molecule has 2 atom stereocenters. The van der Waals surface area contributed by atoms with Crippen molar-refractivity contribution in [2.75, 3.05) is 13.7 Å². The molecule has 0 heterocycles. The molecule has 3 nitrogen and oxygen atoms in total. The smallest absolute Gasteiger partial charge is 0.0627 e. The summed E-state index contributed by atoms with van der Waals surface area (Å²) in [6.07, 6.45) is 4.29. The summed E-state index contributed by atoms with van der Waals surface area (Å²) < 4.78 is 6.06. The SMILES string of the molecule is CCC(C)(C)OC1CCC(CO)(NC)C1. The number of hydrogen-bond acceptors (Lipinski definition) is 3. The van der Waals surface area contributed by atoms with Gasteiger partial charge < -0.3 is 15.2 Å². The van der Waals surface area contributed by atoms with Crippen LogP contribution in [-0.2, 0) is 4.74 Å². The number of aliphatic hydroxyl groups excluding tert-OH is 1. The number of rotatable bonds is 5. The van der Waals surface area contributed by atoms with Crippen LogP contribution in [0.5, 0.6) is 0 Å². The maximum Gasteiger partial charge on any atom is 0.0627 e. The summed E-state index contributed by atoms with van der Waals surface area (Å²) in [5.41, 5.74) is -0.140. The molecule has 0 saturated heterocycles. The van der Waals surface area contributed by atoms with Gasteiger partial charge >= 0.3 is 0 Å². The molecule has 0 aromatic heterocycles. The van der Waals surface area contributed by atoms with Crippen molar-refractivity contribution >= 4 is 0 Å². The van der Waals surface area contributed by atoms with Crippen LogP contribution in [0.1, 0.15) is 46.5 Å². The predicted molar refractivity (Wildman–Crippen MR) is 62.0 cm³/mol. The van der Waals surface area contributed by atoms with Gasteiger partial charge in [-0.05, 0) is 46.6 Å². The molecule has 0 aliphatic heterocycles. The van der Waals surface area contributed by atoms with Crippen LogP contribution < -0.4 is 5.32 Å². The van der Waals surface area contributed by atoms with Crippen molar-refractivity contribution in [3.8, 4) is 0 Å². The number of ether oxygens (including phenoxy) is 1. The quantitative estimate of drug-likeness (QED) is 0.733. The summed E-state index contributed by atoms with van der Waals surface area (Å²) >= 11 is 0. The molecule has 0 spiro atoms. The van der Waals surface area contributed by atoms with Crippen LogP contribution in [0.15, 0.2) is 0 Å². The van der Waals surface area contributed by atoms with E-state index in [1.165, 1.54) is 0 Å². The molecular weight excluding hydrogens is 190 g/mol. The van der Waals surface area contributed by atoms with Crippen molar-refractivity contribution in [3.63, 3.8) is 0 Å². The van der Waals surface area contributed by atoms with Crippen LogP contribution in [-0.4, -0.2) is 36.0 Å². The molecule has 2 N–H and O–H groups in total. The Morgan fingerprint density at radius 2 is 2.20 bits per heavy atom. The van der Waals surface area contributed by atoms with Crippen molar-refractivity contribution in [2.45, 2.75) is 63.7 Å². The summed E-state index contributed by atoms with van der Waals surface area (Å²) in [4.78, 5) is 0. The first-order chi connectivity index (χ1) is 6.97. The van der Waals surface area contributed by atoms with Gasteiger partial charge in [0.25, 0.3) is 0 Å². The number of aliphatic hydroxyl groups is 1. The fourth-order valence-corrected chi connectivity index (χ4v) is 2.16. The summed E-state index contributed by atoms with van der Waals surface area (Å²) in [6, 6.07) is 0. The van der Waals surface area contributed by atoms with E-state index < -0.39 is 0 Å². The molecule has 1 aliphatic carbocycles.